The molecule has 0 unspecified atom stereocenters. The van der Waals surface area contributed by atoms with Crippen LogP contribution in [0.2, 0.25) is 5.02 Å². The van der Waals surface area contributed by atoms with Gasteiger partial charge in [-0.15, -0.1) is 4.98 Å². The molecule has 112 valence electrons. The molecular formula is C13H16ClN5O2. The molecule has 1 aromatic heterocycles. The molecule has 0 radical (unpaired) electrons. The molecule has 0 aliphatic rings. The van der Waals surface area contributed by atoms with Gasteiger partial charge in [0.15, 0.2) is 0 Å². The molecule has 0 amide bonds. The molecule has 7 nitrogen and oxygen atoms in total. The van der Waals surface area contributed by atoms with Gasteiger partial charge in [0, 0.05) is 5.02 Å². The van der Waals surface area contributed by atoms with Gasteiger partial charge in [-0.25, -0.2) is 5.84 Å². The second kappa shape index (κ2) is 7.61. The lowest BCUT2D eigenvalue weighted by Gasteiger charge is -2.08. The summed E-state index contributed by atoms with van der Waals surface area (Å²) in [7, 11) is 0. The van der Waals surface area contributed by atoms with Crippen LogP contribution in [0, 0.1) is 0 Å². The highest BCUT2D eigenvalue weighted by molar-refractivity contribution is 6.30. The van der Waals surface area contributed by atoms with E-state index in [-0.39, 0.29) is 24.6 Å². The van der Waals surface area contributed by atoms with Gasteiger partial charge in [0.05, 0.1) is 6.61 Å². The Hall–Kier alpha value is -2.12. The van der Waals surface area contributed by atoms with Gasteiger partial charge in [0.2, 0.25) is 5.95 Å². The van der Waals surface area contributed by atoms with Crippen molar-refractivity contribution in [2.24, 2.45) is 5.84 Å². The maximum Gasteiger partial charge on any atom is 0.324 e. The number of rotatable bonds is 7. The van der Waals surface area contributed by atoms with E-state index >= 15 is 0 Å². The highest BCUT2D eigenvalue weighted by Crippen LogP contribution is 2.15. The average molecular weight is 310 g/mol. The molecule has 0 aliphatic heterocycles. The summed E-state index contributed by atoms with van der Waals surface area (Å²) in [4.78, 5) is 12.0. The van der Waals surface area contributed by atoms with Crippen molar-refractivity contribution in [3.05, 3.63) is 34.9 Å². The van der Waals surface area contributed by atoms with Crippen LogP contribution in [0.4, 0.5) is 5.95 Å². The zero-order valence-corrected chi connectivity index (χ0v) is 12.3. The molecule has 0 atom stereocenters. The molecule has 2 rings (SSSR count). The fourth-order valence-corrected chi connectivity index (χ4v) is 1.71. The van der Waals surface area contributed by atoms with E-state index in [1.165, 1.54) is 0 Å². The Morgan fingerprint density at radius 1 is 1.19 bits per heavy atom. The summed E-state index contributed by atoms with van der Waals surface area (Å²) < 4.78 is 10.9. The SMILES string of the molecule is CCCOc1nc(NN)nc(OCc2cccc(Cl)c2)n1. The quantitative estimate of drug-likeness (QED) is 0.598. The van der Waals surface area contributed by atoms with Crippen LogP contribution in [0.5, 0.6) is 12.0 Å². The Kier molecular flexibility index (Phi) is 5.53. The molecule has 0 bridgehead atoms. The van der Waals surface area contributed by atoms with Gasteiger partial charge in [0.25, 0.3) is 0 Å². The molecule has 1 aromatic carbocycles. The van der Waals surface area contributed by atoms with Gasteiger partial charge in [-0.05, 0) is 24.1 Å². The second-order valence-corrected chi connectivity index (χ2v) is 4.57. The number of anilines is 1. The van der Waals surface area contributed by atoms with Gasteiger partial charge in [0.1, 0.15) is 6.61 Å². The van der Waals surface area contributed by atoms with Crippen LogP contribution in [-0.2, 0) is 6.61 Å². The number of hydrogen-bond acceptors (Lipinski definition) is 7. The molecule has 0 aliphatic carbocycles. The minimum Gasteiger partial charge on any atom is -0.463 e. The zero-order chi connectivity index (χ0) is 15.1. The summed E-state index contributed by atoms with van der Waals surface area (Å²) in [6, 6.07) is 7.63. The molecule has 8 heteroatoms. The lowest BCUT2D eigenvalue weighted by atomic mass is 10.2. The Bertz CT molecular complexity index is 597. The third-order valence-electron chi connectivity index (χ3n) is 2.42. The van der Waals surface area contributed by atoms with Crippen LogP contribution in [-0.4, -0.2) is 21.6 Å². The molecule has 0 saturated heterocycles. The Morgan fingerprint density at radius 2 is 1.95 bits per heavy atom. The zero-order valence-electron chi connectivity index (χ0n) is 11.5. The van der Waals surface area contributed by atoms with E-state index in [1.54, 1.807) is 12.1 Å². The number of benzene rings is 1. The first-order chi connectivity index (χ1) is 10.2. The minimum atomic E-state index is 0.129. The third-order valence-corrected chi connectivity index (χ3v) is 2.65. The Labute approximate surface area is 127 Å². The van der Waals surface area contributed by atoms with Crippen molar-refractivity contribution in [2.45, 2.75) is 20.0 Å². The number of hydrogen-bond donors (Lipinski definition) is 2. The predicted octanol–water partition coefficient (Wildman–Crippen LogP) is 2.18. The summed E-state index contributed by atoms with van der Waals surface area (Å²) in [6.07, 6.45) is 0.843. The van der Waals surface area contributed by atoms with E-state index in [9.17, 15) is 0 Å². The van der Waals surface area contributed by atoms with Crippen molar-refractivity contribution in [3.8, 4) is 12.0 Å². The topological polar surface area (TPSA) is 95.2 Å². The Balaban J connectivity index is 2.07. The van der Waals surface area contributed by atoms with Crippen molar-refractivity contribution in [1.29, 1.82) is 0 Å². The summed E-state index contributed by atoms with van der Waals surface area (Å²) in [6.45, 7) is 2.77. The van der Waals surface area contributed by atoms with Crippen LogP contribution >= 0.6 is 11.6 Å². The van der Waals surface area contributed by atoms with E-state index in [4.69, 9.17) is 26.9 Å². The number of nitrogens with zero attached hydrogens (tertiary/aromatic N) is 3. The highest BCUT2D eigenvalue weighted by atomic mass is 35.5. The van der Waals surface area contributed by atoms with Crippen LogP contribution in [0.25, 0.3) is 0 Å². The lowest BCUT2D eigenvalue weighted by molar-refractivity contribution is 0.256. The summed E-state index contributed by atoms with van der Waals surface area (Å²) in [5.41, 5.74) is 3.25. The van der Waals surface area contributed by atoms with Gasteiger partial charge in [-0.2, -0.15) is 9.97 Å². The smallest absolute Gasteiger partial charge is 0.324 e. The number of aromatic nitrogens is 3. The second-order valence-electron chi connectivity index (χ2n) is 4.14. The number of ether oxygens (including phenoxy) is 2. The van der Waals surface area contributed by atoms with Crippen molar-refractivity contribution in [3.63, 3.8) is 0 Å². The largest absolute Gasteiger partial charge is 0.463 e. The number of nitrogen functional groups attached to an aromatic ring is 1. The number of hydrazine groups is 1. The van der Waals surface area contributed by atoms with Crippen molar-refractivity contribution < 1.29 is 9.47 Å². The molecule has 0 spiro atoms. The van der Waals surface area contributed by atoms with Gasteiger partial charge in [-0.1, -0.05) is 30.7 Å². The fourth-order valence-electron chi connectivity index (χ4n) is 1.50. The van der Waals surface area contributed by atoms with Crippen molar-refractivity contribution in [2.75, 3.05) is 12.0 Å². The van der Waals surface area contributed by atoms with E-state index in [0.717, 1.165) is 12.0 Å². The molecule has 0 saturated carbocycles. The molecule has 0 fully saturated rings. The summed E-state index contributed by atoms with van der Waals surface area (Å²) in [5, 5.41) is 0.642. The van der Waals surface area contributed by atoms with Crippen LogP contribution < -0.4 is 20.7 Å². The fraction of sp³-hybridized carbons (Fsp3) is 0.308. The van der Waals surface area contributed by atoms with Gasteiger partial charge in [-0.3, -0.25) is 5.43 Å². The number of nitrogens with one attached hydrogen (secondary N) is 1. The number of nitrogens with two attached hydrogens (primary N) is 1. The van der Waals surface area contributed by atoms with Crippen LogP contribution in [0.1, 0.15) is 18.9 Å². The molecular weight excluding hydrogens is 294 g/mol. The maximum atomic E-state index is 5.91. The molecule has 21 heavy (non-hydrogen) atoms. The first-order valence-corrected chi connectivity index (χ1v) is 6.81. The highest BCUT2D eigenvalue weighted by Gasteiger charge is 2.08. The van der Waals surface area contributed by atoms with E-state index < -0.39 is 0 Å². The van der Waals surface area contributed by atoms with Gasteiger partial charge >= 0.3 is 12.0 Å². The predicted molar refractivity (Wildman–Crippen MR) is 79.2 cm³/mol. The first-order valence-electron chi connectivity index (χ1n) is 6.44. The van der Waals surface area contributed by atoms with E-state index in [2.05, 4.69) is 20.4 Å². The Morgan fingerprint density at radius 3 is 2.62 bits per heavy atom. The third kappa shape index (κ3) is 4.73. The van der Waals surface area contributed by atoms with Crippen LogP contribution in [0.3, 0.4) is 0 Å². The normalized spacial score (nSPS) is 10.2. The average Bonchev–Trinajstić information content (AvgIpc) is 2.51. The number of halogens is 1. The van der Waals surface area contributed by atoms with Crippen molar-refractivity contribution >= 4 is 17.5 Å². The maximum absolute atomic E-state index is 5.91. The van der Waals surface area contributed by atoms with Crippen molar-refractivity contribution in [1.82, 2.24) is 15.0 Å². The lowest BCUT2D eigenvalue weighted by Crippen LogP contribution is -2.13. The van der Waals surface area contributed by atoms with E-state index in [1.807, 2.05) is 19.1 Å². The minimum absolute atomic E-state index is 0.129. The first kappa shape index (κ1) is 15.3. The standard InChI is InChI=1S/C13H16ClN5O2/c1-2-6-20-12-16-11(19-15)17-13(18-12)21-8-9-4-3-5-10(14)7-9/h3-5,7H,2,6,8,15H2,1H3,(H,16,17,18,19). The molecule has 1 heterocycles. The molecule has 2 aromatic rings. The van der Waals surface area contributed by atoms with Crippen LogP contribution in [0.15, 0.2) is 24.3 Å². The molecule has 3 N–H and O–H groups in total. The summed E-state index contributed by atoms with van der Waals surface area (Å²) in [5.74, 6) is 5.49. The monoisotopic (exact) mass is 309 g/mol. The van der Waals surface area contributed by atoms with Gasteiger partial charge < -0.3 is 9.47 Å². The van der Waals surface area contributed by atoms with E-state index in [0.29, 0.717) is 11.6 Å². The summed E-state index contributed by atoms with van der Waals surface area (Å²) >= 11 is 5.91.